The van der Waals surface area contributed by atoms with Gasteiger partial charge in [-0.15, -0.1) is 0 Å². The van der Waals surface area contributed by atoms with E-state index in [1.54, 1.807) is 0 Å². The highest BCUT2D eigenvalue weighted by atomic mass is 16.3. The van der Waals surface area contributed by atoms with Crippen LogP contribution in [0, 0.1) is 11.3 Å². The lowest BCUT2D eigenvalue weighted by atomic mass is 10.1. The smallest absolute Gasteiger partial charge is 0.291 e. The summed E-state index contributed by atoms with van der Waals surface area (Å²) in [7, 11) is 0. The number of anilines is 3. The number of nitrogens with one attached hydrogen (secondary N) is 2. The molecule has 0 radical (unpaired) electrons. The fourth-order valence-electron chi connectivity index (χ4n) is 3.05. The number of piperidine rings is 1. The quantitative estimate of drug-likeness (QED) is 0.866. The van der Waals surface area contributed by atoms with Crippen LogP contribution in [-0.4, -0.2) is 25.5 Å². The Kier molecular flexibility index (Phi) is 5.24. The van der Waals surface area contributed by atoms with Crippen molar-refractivity contribution in [3.63, 3.8) is 0 Å². The second-order valence-electron chi connectivity index (χ2n) is 6.04. The molecule has 6 nitrogen and oxygen atoms in total. The lowest BCUT2D eigenvalue weighted by Gasteiger charge is -2.31. The number of furan rings is 1. The molecule has 1 saturated heterocycles. The third-order valence-electron chi connectivity index (χ3n) is 4.26. The molecule has 6 heteroatoms. The molecular weight excluding hydrogens is 316 g/mol. The fourth-order valence-corrected chi connectivity index (χ4v) is 3.05. The Labute approximate surface area is 147 Å². The van der Waals surface area contributed by atoms with Gasteiger partial charge in [-0.25, -0.2) is 0 Å². The molecule has 1 aliphatic rings. The number of carbonyl (C=O) groups is 1. The minimum atomic E-state index is -0.351. The molecular formula is C19H22N4O2. The summed E-state index contributed by atoms with van der Waals surface area (Å²) in [6.07, 6.45) is 3.56. The third-order valence-corrected chi connectivity index (χ3v) is 4.26. The summed E-state index contributed by atoms with van der Waals surface area (Å²) >= 11 is 0. The maximum Gasteiger partial charge on any atom is 0.291 e. The zero-order valence-corrected chi connectivity index (χ0v) is 14.3. The van der Waals surface area contributed by atoms with Crippen molar-refractivity contribution in [1.82, 2.24) is 0 Å². The van der Waals surface area contributed by atoms with Crippen LogP contribution in [0.3, 0.4) is 0 Å². The standard InChI is InChI=1S/C19H22N4O2/c1-2-21-14-6-8-16(17(12-14)23-10-4-3-5-11-23)22-19(24)18-9-7-15(13-20)25-18/h6-9,12,21H,2-5,10-11H2,1H3,(H,22,24). The molecule has 0 atom stereocenters. The molecule has 1 aromatic heterocycles. The van der Waals surface area contributed by atoms with E-state index in [2.05, 4.69) is 28.5 Å². The first-order valence-corrected chi connectivity index (χ1v) is 8.65. The number of nitrogens with zero attached hydrogens (tertiary/aromatic N) is 2. The third kappa shape index (κ3) is 3.94. The van der Waals surface area contributed by atoms with Gasteiger partial charge in [0.05, 0.1) is 11.4 Å². The average Bonchev–Trinajstić information content (AvgIpc) is 3.13. The van der Waals surface area contributed by atoms with Crippen molar-refractivity contribution in [2.45, 2.75) is 26.2 Å². The van der Waals surface area contributed by atoms with E-state index in [9.17, 15) is 4.79 Å². The highest BCUT2D eigenvalue weighted by Crippen LogP contribution is 2.32. The second kappa shape index (κ2) is 7.75. The van der Waals surface area contributed by atoms with Crippen molar-refractivity contribution in [2.75, 3.05) is 35.2 Å². The maximum absolute atomic E-state index is 12.4. The Balaban J connectivity index is 1.85. The molecule has 1 fully saturated rings. The first-order chi connectivity index (χ1) is 12.2. The van der Waals surface area contributed by atoms with Gasteiger partial charge in [-0.1, -0.05) is 0 Å². The number of hydrogen-bond acceptors (Lipinski definition) is 5. The molecule has 25 heavy (non-hydrogen) atoms. The Morgan fingerprint density at radius 3 is 2.72 bits per heavy atom. The van der Waals surface area contributed by atoms with E-state index in [1.807, 2.05) is 18.2 Å². The van der Waals surface area contributed by atoms with Gasteiger partial charge >= 0.3 is 0 Å². The first kappa shape index (κ1) is 16.9. The molecule has 3 rings (SSSR count). The predicted molar refractivity (Wildman–Crippen MR) is 98.0 cm³/mol. The van der Waals surface area contributed by atoms with Gasteiger partial charge in [0.1, 0.15) is 6.07 Å². The van der Waals surface area contributed by atoms with E-state index < -0.39 is 0 Å². The molecule has 1 aliphatic heterocycles. The van der Waals surface area contributed by atoms with E-state index in [-0.39, 0.29) is 17.4 Å². The van der Waals surface area contributed by atoms with E-state index in [0.717, 1.165) is 49.5 Å². The summed E-state index contributed by atoms with van der Waals surface area (Å²) < 4.78 is 5.22. The Bertz CT molecular complexity index is 785. The van der Waals surface area contributed by atoms with Crippen LogP contribution in [-0.2, 0) is 0 Å². The maximum atomic E-state index is 12.4. The van der Waals surface area contributed by atoms with Crippen LogP contribution in [0.2, 0.25) is 0 Å². The number of nitriles is 1. The number of amides is 1. The van der Waals surface area contributed by atoms with Crippen molar-refractivity contribution >= 4 is 23.0 Å². The number of rotatable bonds is 5. The zero-order chi connectivity index (χ0) is 17.6. The highest BCUT2D eigenvalue weighted by molar-refractivity contribution is 6.04. The van der Waals surface area contributed by atoms with Gasteiger partial charge in [-0.2, -0.15) is 5.26 Å². The van der Waals surface area contributed by atoms with Crippen molar-refractivity contribution in [3.05, 3.63) is 41.9 Å². The van der Waals surface area contributed by atoms with E-state index in [1.165, 1.54) is 18.6 Å². The van der Waals surface area contributed by atoms with E-state index >= 15 is 0 Å². The molecule has 1 aromatic carbocycles. The van der Waals surface area contributed by atoms with E-state index in [0.29, 0.717) is 0 Å². The monoisotopic (exact) mass is 338 g/mol. The number of hydrogen-bond donors (Lipinski definition) is 2. The average molecular weight is 338 g/mol. The summed E-state index contributed by atoms with van der Waals surface area (Å²) in [4.78, 5) is 14.7. The van der Waals surface area contributed by atoms with Crippen LogP contribution in [0.5, 0.6) is 0 Å². The van der Waals surface area contributed by atoms with Crippen molar-refractivity contribution in [1.29, 1.82) is 5.26 Å². The minimum Gasteiger partial charge on any atom is -0.440 e. The SMILES string of the molecule is CCNc1ccc(NC(=O)c2ccc(C#N)o2)c(N2CCCCC2)c1. The number of carbonyl (C=O) groups excluding carboxylic acids is 1. The van der Waals surface area contributed by atoms with Crippen molar-refractivity contribution < 1.29 is 9.21 Å². The van der Waals surface area contributed by atoms with Crippen molar-refractivity contribution in [2.24, 2.45) is 0 Å². The molecule has 0 spiro atoms. The number of benzene rings is 1. The van der Waals surface area contributed by atoms with Gasteiger partial charge < -0.3 is 20.0 Å². The Hall–Kier alpha value is -2.94. The van der Waals surface area contributed by atoms with Gasteiger partial charge in [-0.05, 0) is 56.5 Å². The topological polar surface area (TPSA) is 81.3 Å². The van der Waals surface area contributed by atoms with Crippen LogP contribution < -0.4 is 15.5 Å². The van der Waals surface area contributed by atoms with Crippen LogP contribution in [0.1, 0.15) is 42.5 Å². The summed E-state index contributed by atoms with van der Waals surface area (Å²) in [6.45, 7) is 4.87. The first-order valence-electron chi connectivity index (χ1n) is 8.65. The van der Waals surface area contributed by atoms with Gasteiger partial charge in [-0.3, -0.25) is 4.79 Å². The Morgan fingerprint density at radius 2 is 2.04 bits per heavy atom. The minimum absolute atomic E-state index is 0.129. The van der Waals surface area contributed by atoms with Gasteiger partial charge in [0, 0.05) is 25.3 Å². The summed E-state index contributed by atoms with van der Waals surface area (Å²) in [5.74, 6) is -0.0863. The van der Waals surface area contributed by atoms with Crippen molar-refractivity contribution in [3.8, 4) is 6.07 Å². The van der Waals surface area contributed by atoms with Gasteiger partial charge in [0.25, 0.3) is 5.91 Å². The van der Waals surface area contributed by atoms with Crippen LogP contribution in [0.4, 0.5) is 17.1 Å². The molecule has 2 aromatic rings. The highest BCUT2D eigenvalue weighted by Gasteiger charge is 2.18. The van der Waals surface area contributed by atoms with Crippen LogP contribution in [0.25, 0.3) is 0 Å². The molecule has 0 saturated carbocycles. The lowest BCUT2D eigenvalue weighted by molar-refractivity contribution is 0.0996. The molecule has 2 heterocycles. The molecule has 0 unspecified atom stereocenters. The van der Waals surface area contributed by atoms with Gasteiger partial charge in [0.15, 0.2) is 5.76 Å². The largest absolute Gasteiger partial charge is 0.440 e. The predicted octanol–water partition coefficient (Wildman–Crippen LogP) is 3.83. The molecule has 0 bridgehead atoms. The molecule has 0 aliphatic carbocycles. The van der Waals surface area contributed by atoms with Crippen LogP contribution in [0.15, 0.2) is 34.7 Å². The zero-order valence-electron chi connectivity index (χ0n) is 14.3. The summed E-state index contributed by atoms with van der Waals surface area (Å²) in [5.41, 5.74) is 2.80. The van der Waals surface area contributed by atoms with Crippen LogP contribution >= 0.6 is 0 Å². The molecule has 1 amide bonds. The summed E-state index contributed by atoms with van der Waals surface area (Å²) in [5, 5.41) is 15.1. The van der Waals surface area contributed by atoms with Gasteiger partial charge in [0.2, 0.25) is 5.76 Å². The summed E-state index contributed by atoms with van der Waals surface area (Å²) in [6, 6.07) is 10.8. The molecule has 130 valence electrons. The second-order valence-corrected chi connectivity index (χ2v) is 6.04. The van der Waals surface area contributed by atoms with E-state index in [4.69, 9.17) is 9.68 Å². The normalized spacial score (nSPS) is 14.0. The fraction of sp³-hybridized carbons (Fsp3) is 0.368. The molecule has 2 N–H and O–H groups in total. The lowest BCUT2D eigenvalue weighted by Crippen LogP contribution is -2.30. The Morgan fingerprint density at radius 1 is 1.24 bits per heavy atom.